The van der Waals surface area contributed by atoms with Gasteiger partial charge in [-0.15, -0.1) is 0 Å². The van der Waals surface area contributed by atoms with Crippen molar-refractivity contribution in [2.45, 2.75) is 98.7 Å². The van der Waals surface area contributed by atoms with Crippen molar-refractivity contribution in [2.24, 2.45) is 23.7 Å². The van der Waals surface area contributed by atoms with Gasteiger partial charge in [0.1, 0.15) is 0 Å². The van der Waals surface area contributed by atoms with Gasteiger partial charge in [0.25, 0.3) is 0 Å². The van der Waals surface area contributed by atoms with Crippen molar-refractivity contribution in [2.75, 3.05) is 4.90 Å². The zero-order chi connectivity index (χ0) is 32.4. The highest BCUT2D eigenvalue weighted by molar-refractivity contribution is 7.99. The topological polar surface area (TPSA) is 3.24 Å². The Labute approximate surface area is 291 Å². The molecule has 4 bridgehead atoms. The minimum absolute atomic E-state index is 0.118. The first kappa shape index (κ1) is 29.4. The molecule has 48 heavy (non-hydrogen) atoms. The maximum absolute atomic E-state index is 2.66. The second kappa shape index (κ2) is 10.3. The Hall–Kier alpha value is -3.49. The summed E-state index contributed by atoms with van der Waals surface area (Å²) in [6.07, 6.45) is 9.53. The van der Waals surface area contributed by atoms with Crippen molar-refractivity contribution in [1.29, 1.82) is 0 Å². The standard InChI is InChI=1S/C46H47NS/c1-44(2)20-21-45(3,4)39-27-34(16-18-37(39)44)47(41-14-9-11-31-10-5-6-12-36(31)41)35-17-19-43-40(28-35)46(38-13-7-8-15-42(38)48-43)32-23-29-22-30(25-32)26-33(46)24-29/h5-19,27-30,32-33H,20-26H2,1-4H3. The fraction of sp³-hybridized carbons (Fsp3) is 0.391. The molecule has 4 saturated carbocycles. The van der Waals surface area contributed by atoms with Crippen LogP contribution in [0.3, 0.4) is 0 Å². The summed E-state index contributed by atoms with van der Waals surface area (Å²) in [7, 11) is 0. The van der Waals surface area contributed by atoms with Gasteiger partial charge in [-0.3, -0.25) is 0 Å². The Bertz CT molecular complexity index is 2070. The summed E-state index contributed by atoms with van der Waals surface area (Å²) in [6.45, 7) is 9.78. The molecule has 0 radical (unpaired) electrons. The SMILES string of the molecule is CC1(C)CCC(C)(C)c2cc(N(c3ccc4c(c3)C3(c5ccccc5S4)C4CC5CC(C4)CC3C5)c3cccc4ccccc34)ccc21. The number of benzene rings is 5. The fourth-order valence-electron chi connectivity index (χ4n) is 11.6. The molecule has 242 valence electrons. The third-order valence-electron chi connectivity index (χ3n) is 13.7. The number of hydrogen-bond acceptors (Lipinski definition) is 2. The normalized spacial score (nSPS) is 28.6. The van der Waals surface area contributed by atoms with Gasteiger partial charge in [0.05, 0.1) is 5.69 Å². The van der Waals surface area contributed by atoms with Crippen LogP contribution in [-0.4, -0.2) is 0 Å². The quantitative estimate of drug-likeness (QED) is 0.192. The molecule has 0 saturated heterocycles. The first-order valence-corrected chi connectivity index (χ1v) is 19.4. The number of rotatable bonds is 3. The molecule has 6 aliphatic rings. The Kier molecular flexibility index (Phi) is 6.29. The third-order valence-corrected chi connectivity index (χ3v) is 14.9. The van der Waals surface area contributed by atoms with E-state index in [1.807, 2.05) is 11.8 Å². The van der Waals surface area contributed by atoms with Crippen molar-refractivity contribution in [3.8, 4) is 0 Å². The monoisotopic (exact) mass is 645 g/mol. The van der Waals surface area contributed by atoms with E-state index >= 15 is 0 Å². The molecule has 1 aliphatic heterocycles. The van der Waals surface area contributed by atoms with Crippen LogP contribution < -0.4 is 4.90 Å². The van der Waals surface area contributed by atoms with Crippen LogP contribution in [0.5, 0.6) is 0 Å². The first-order valence-electron chi connectivity index (χ1n) is 18.6. The van der Waals surface area contributed by atoms with Crippen LogP contribution in [0, 0.1) is 23.7 Å². The molecule has 1 heterocycles. The van der Waals surface area contributed by atoms with Crippen LogP contribution in [0.25, 0.3) is 10.8 Å². The van der Waals surface area contributed by atoms with Gasteiger partial charge in [0, 0.05) is 32.0 Å². The van der Waals surface area contributed by atoms with E-state index in [4.69, 9.17) is 0 Å². The molecule has 4 fully saturated rings. The number of anilines is 3. The van der Waals surface area contributed by atoms with Gasteiger partial charge in [-0.05, 0) is 150 Å². The molecule has 0 amide bonds. The molecule has 11 rings (SSSR count). The van der Waals surface area contributed by atoms with E-state index in [2.05, 4.69) is 136 Å². The molecule has 0 N–H and O–H groups in total. The highest BCUT2D eigenvalue weighted by Crippen LogP contribution is 2.69. The fourth-order valence-corrected chi connectivity index (χ4v) is 12.8. The second-order valence-electron chi connectivity index (χ2n) is 17.3. The van der Waals surface area contributed by atoms with E-state index in [1.165, 1.54) is 93.7 Å². The van der Waals surface area contributed by atoms with E-state index in [9.17, 15) is 0 Å². The molecule has 0 atom stereocenters. The smallest absolute Gasteiger partial charge is 0.0540 e. The Morgan fingerprint density at radius 3 is 1.92 bits per heavy atom. The summed E-state index contributed by atoms with van der Waals surface area (Å²) >= 11 is 2.01. The molecule has 1 nitrogen and oxygen atoms in total. The largest absolute Gasteiger partial charge is 0.310 e. The summed E-state index contributed by atoms with van der Waals surface area (Å²) in [4.78, 5) is 5.59. The first-order chi connectivity index (χ1) is 23.2. The lowest BCUT2D eigenvalue weighted by atomic mass is 9.42. The number of nitrogens with zero attached hydrogens (tertiary/aromatic N) is 1. The zero-order valence-electron chi connectivity index (χ0n) is 28.9. The minimum Gasteiger partial charge on any atom is -0.310 e. The van der Waals surface area contributed by atoms with Crippen LogP contribution in [0.1, 0.15) is 94.9 Å². The van der Waals surface area contributed by atoms with Gasteiger partial charge < -0.3 is 4.90 Å². The van der Waals surface area contributed by atoms with Crippen LogP contribution in [0.2, 0.25) is 0 Å². The zero-order valence-corrected chi connectivity index (χ0v) is 29.7. The predicted molar refractivity (Wildman–Crippen MR) is 202 cm³/mol. The molecule has 5 aromatic rings. The lowest BCUT2D eigenvalue weighted by molar-refractivity contribution is -0.0443. The van der Waals surface area contributed by atoms with Crippen LogP contribution in [-0.2, 0) is 16.2 Å². The average molecular weight is 646 g/mol. The van der Waals surface area contributed by atoms with E-state index in [0.717, 1.165) is 23.7 Å². The van der Waals surface area contributed by atoms with Crippen LogP contribution in [0.15, 0.2) is 113 Å². The molecule has 1 spiro atoms. The lowest BCUT2D eigenvalue weighted by Gasteiger charge is -2.63. The van der Waals surface area contributed by atoms with Crippen molar-refractivity contribution >= 4 is 39.6 Å². The molecule has 2 heteroatoms. The Balaban J connectivity index is 1.22. The highest BCUT2D eigenvalue weighted by atomic mass is 32.2. The summed E-state index contributed by atoms with van der Waals surface area (Å²) in [6, 6.07) is 40.3. The second-order valence-corrected chi connectivity index (χ2v) is 18.4. The minimum atomic E-state index is 0.118. The number of fused-ring (bicyclic) bond motifs is 4. The third kappa shape index (κ3) is 4.11. The van der Waals surface area contributed by atoms with Gasteiger partial charge in [-0.1, -0.05) is 100 Å². The Morgan fingerprint density at radius 1 is 0.542 bits per heavy atom. The molecular weight excluding hydrogens is 599 g/mol. The molecule has 0 unspecified atom stereocenters. The lowest BCUT2D eigenvalue weighted by Crippen LogP contribution is -2.57. The van der Waals surface area contributed by atoms with E-state index in [1.54, 1.807) is 11.1 Å². The van der Waals surface area contributed by atoms with Crippen molar-refractivity contribution in [3.05, 3.63) is 125 Å². The summed E-state index contributed by atoms with van der Waals surface area (Å²) in [5, 5.41) is 2.60. The van der Waals surface area contributed by atoms with Gasteiger partial charge in [0.2, 0.25) is 0 Å². The molecule has 5 aliphatic carbocycles. The summed E-state index contributed by atoms with van der Waals surface area (Å²) < 4.78 is 0. The van der Waals surface area contributed by atoms with Gasteiger partial charge in [0.15, 0.2) is 0 Å². The maximum atomic E-state index is 2.66. The van der Waals surface area contributed by atoms with Crippen molar-refractivity contribution < 1.29 is 0 Å². The van der Waals surface area contributed by atoms with Gasteiger partial charge >= 0.3 is 0 Å². The molecular formula is C46H47NS. The van der Waals surface area contributed by atoms with E-state index in [0.29, 0.717) is 0 Å². The Morgan fingerprint density at radius 2 is 1.15 bits per heavy atom. The van der Waals surface area contributed by atoms with E-state index < -0.39 is 0 Å². The highest BCUT2D eigenvalue weighted by Gasteiger charge is 2.60. The summed E-state index contributed by atoms with van der Waals surface area (Å²) in [5.74, 6) is 3.34. The molecule has 5 aromatic carbocycles. The van der Waals surface area contributed by atoms with Crippen molar-refractivity contribution in [1.82, 2.24) is 0 Å². The molecule has 0 aromatic heterocycles. The van der Waals surface area contributed by atoms with Crippen LogP contribution in [0.4, 0.5) is 17.1 Å². The predicted octanol–water partition coefficient (Wildman–Crippen LogP) is 12.9. The summed E-state index contributed by atoms with van der Waals surface area (Å²) in [5.41, 5.74) is 10.6. The van der Waals surface area contributed by atoms with E-state index in [-0.39, 0.29) is 16.2 Å². The van der Waals surface area contributed by atoms with Gasteiger partial charge in [-0.25, -0.2) is 0 Å². The number of hydrogen-bond donors (Lipinski definition) is 0. The van der Waals surface area contributed by atoms with Gasteiger partial charge in [-0.2, -0.15) is 0 Å². The van der Waals surface area contributed by atoms with Crippen molar-refractivity contribution in [3.63, 3.8) is 0 Å². The average Bonchev–Trinajstić information content (AvgIpc) is 3.09. The van der Waals surface area contributed by atoms with Crippen LogP contribution >= 0.6 is 11.8 Å². The maximum Gasteiger partial charge on any atom is 0.0540 e.